The number of fused-ring (bicyclic) bond motifs is 1. The number of hydrogen-bond acceptors (Lipinski definition) is 2. The average molecular weight is 287 g/mol. The number of aryl methyl sites for hydroxylation is 1. The Bertz CT molecular complexity index is 764. The molecular formula is C16H15ClN2O. The maximum Gasteiger partial charge on any atom is 0.119 e. The van der Waals surface area contributed by atoms with Crippen LogP contribution in [0.1, 0.15) is 18.3 Å². The minimum Gasteiger partial charge on any atom is -0.508 e. The molecule has 0 fully saturated rings. The highest BCUT2D eigenvalue weighted by Gasteiger charge is 2.12. The van der Waals surface area contributed by atoms with Gasteiger partial charge in [-0.25, -0.2) is 4.98 Å². The topological polar surface area (TPSA) is 38.0 Å². The Kier molecular flexibility index (Phi) is 3.36. The lowest BCUT2D eigenvalue weighted by Gasteiger charge is -2.07. The fraction of sp³-hybridized carbons (Fsp3) is 0.188. The van der Waals surface area contributed by atoms with Crippen LogP contribution in [0, 0.1) is 0 Å². The summed E-state index contributed by atoms with van der Waals surface area (Å²) in [7, 11) is 0. The first-order valence-corrected chi connectivity index (χ1v) is 6.98. The number of benzene rings is 2. The van der Waals surface area contributed by atoms with E-state index in [0.29, 0.717) is 17.2 Å². The molecule has 0 spiro atoms. The number of halogens is 1. The zero-order chi connectivity index (χ0) is 14.1. The molecule has 102 valence electrons. The second kappa shape index (κ2) is 5.17. The standard InChI is InChI=1S/C16H15ClN2O/c1-2-19-14-8-7-12(17)10-13(14)18-16(19)9-11-5-3-4-6-15(11)20/h3-8,10,20H,2,9H2,1H3. The molecule has 1 aromatic heterocycles. The molecule has 1 heterocycles. The van der Waals surface area contributed by atoms with Crippen LogP contribution >= 0.6 is 11.6 Å². The summed E-state index contributed by atoms with van der Waals surface area (Å²) in [5.74, 6) is 1.24. The first-order chi connectivity index (χ1) is 9.69. The predicted molar refractivity (Wildman–Crippen MR) is 81.3 cm³/mol. The lowest BCUT2D eigenvalue weighted by molar-refractivity contribution is 0.468. The molecule has 0 unspecified atom stereocenters. The first-order valence-electron chi connectivity index (χ1n) is 6.60. The van der Waals surface area contributed by atoms with Gasteiger partial charge >= 0.3 is 0 Å². The normalized spacial score (nSPS) is 11.1. The van der Waals surface area contributed by atoms with E-state index in [2.05, 4.69) is 16.5 Å². The van der Waals surface area contributed by atoms with Crippen molar-refractivity contribution in [2.24, 2.45) is 0 Å². The molecule has 0 radical (unpaired) electrons. The number of hydrogen-bond donors (Lipinski definition) is 1. The van der Waals surface area contributed by atoms with Crippen molar-refractivity contribution in [1.29, 1.82) is 0 Å². The predicted octanol–water partition coefficient (Wildman–Crippen LogP) is 4.01. The number of phenols is 1. The minimum atomic E-state index is 0.306. The Morgan fingerprint density at radius 2 is 2.00 bits per heavy atom. The van der Waals surface area contributed by atoms with E-state index in [-0.39, 0.29) is 0 Å². The maximum absolute atomic E-state index is 9.90. The van der Waals surface area contributed by atoms with E-state index in [0.717, 1.165) is 29.0 Å². The second-order valence-electron chi connectivity index (χ2n) is 4.71. The second-order valence-corrected chi connectivity index (χ2v) is 5.15. The van der Waals surface area contributed by atoms with Gasteiger partial charge in [0.15, 0.2) is 0 Å². The maximum atomic E-state index is 9.90. The molecule has 0 amide bonds. The molecule has 4 heteroatoms. The van der Waals surface area contributed by atoms with Crippen molar-refractivity contribution < 1.29 is 5.11 Å². The summed E-state index contributed by atoms with van der Waals surface area (Å²) in [5, 5.41) is 10.6. The molecule has 0 aliphatic heterocycles. The van der Waals surface area contributed by atoms with Crippen LogP contribution < -0.4 is 0 Å². The Labute approximate surface area is 122 Å². The van der Waals surface area contributed by atoms with Crippen molar-refractivity contribution in [2.45, 2.75) is 19.9 Å². The molecule has 0 atom stereocenters. The highest BCUT2D eigenvalue weighted by atomic mass is 35.5. The summed E-state index contributed by atoms with van der Waals surface area (Å²) in [6.07, 6.45) is 0.604. The van der Waals surface area contributed by atoms with Crippen LogP contribution in [0.3, 0.4) is 0 Å². The van der Waals surface area contributed by atoms with E-state index < -0.39 is 0 Å². The largest absolute Gasteiger partial charge is 0.508 e. The van der Waals surface area contributed by atoms with Gasteiger partial charge in [0, 0.05) is 23.6 Å². The Morgan fingerprint density at radius 1 is 1.20 bits per heavy atom. The van der Waals surface area contributed by atoms with Gasteiger partial charge in [-0.15, -0.1) is 0 Å². The van der Waals surface area contributed by atoms with Gasteiger partial charge in [-0.3, -0.25) is 0 Å². The van der Waals surface area contributed by atoms with Crippen molar-refractivity contribution in [1.82, 2.24) is 9.55 Å². The number of phenolic OH excluding ortho intramolecular Hbond substituents is 1. The van der Waals surface area contributed by atoms with Gasteiger partial charge in [0.25, 0.3) is 0 Å². The fourth-order valence-corrected chi connectivity index (χ4v) is 2.64. The Morgan fingerprint density at radius 3 is 2.75 bits per heavy atom. The van der Waals surface area contributed by atoms with E-state index in [4.69, 9.17) is 11.6 Å². The van der Waals surface area contributed by atoms with Crippen LogP contribution in [0.4, 0.5) is 0 Å². The van der Waals surface area contributed by atoms with Crippen LogP contribution in [-0.2, 0) is 13.0 Å². The van der Waals surface area contributed by atoms with Gasteiger partial charge in [-0.2, -0.15) is 0 Å². The van der Waals surface area contributed by atoms with E-state index in [1.807, 2.05) is 36.4 Å². The quantitative estimate of drug-likeness (QED) is 0.790. The van der Waals surface area contributed by atoms with Gasteiger partial charge in [-0.05, 0) is 31.2 Å². The molecule has 3 aromatic rings. The average Bonchev–Trinajstić information content (AvgIpc) is 2.77. The van der Waals surface area contributed by atoms with Crippen molar-refractivity contribution in [2.75, 3.05) is 0 Å². The Hall–Kier alpha value is -2.00. The summed E-state index contributed by atoms with van der Waals surface area (Å²) in [6.45, 7) is 2.92. The van der Waals surface area contributed by atoms with E-state index >= 15 is 0 Å². The molecule has 20 heavy (non-hydrogen) atoms. The molecule has 0 saturated heterocycles. The van der Waals surface area contributed by atoms with Crippen LogP contribution in [0.2, 0.25) is 5.02 Å². The van der Waals surface area contributed by atoms with Gasteiger partial charge in [0.1, 0.15) is 11.6 Å². The van der Waals surface area contributed by atoms with Crippen LogP contribution in [0.5, 0.6) is 5.75 Å². The van der Waals surface area contributed by atoms with Crippen molar-refractivity contribution in [3.05, 3.63) is 58.9 Å². The van der Waals surface area contributed by atoms with Crippen LogP contribution in [0.25, 0.3) is 11.0 Å². The monoisotopic (exact) mass is 286 g/mol. The molecule has 1 N–H and O–H groups in total. The van der Waals surface area contributed by atoms with E-state index in [1.54, 1.807) is 6.07 Å². The van der Waals surface area contributed by atoms with Crippen LogP contribution in [0.15, 0.2) is 42.5 Å². The van der Waals surface area contributed by atoms with Crippen molar-refractivity contribution in [3.63, 3.8) is 0 Å². The zero-order valence-electron chi connectivity index (χ0n) is 11.2. The van der Waals surface area contributed by atoms with Gasteiger partial charge in [0.2, 0.25) is 0 Å². The molecule has 0 saturated carbocycles. The third-order valence-electron chi connectivity index (χ3n) is 3.45. The van der Waals surface area contributed by atoms with Gasteiger partial charge in [0.05, 0.1) is 11.0 Å². The minimum absolute atomic E-state index is 0.306. The molecular weight excluding hydrogens is 272 g/mol. The Balaban J connectivity index is 2.09. The van der Waals surface area contributed by atoms with E-state index in [1.165, 1.54) is 0 Å². The lowest BCUT2D eigenvalue weighted by Crippen LogP contribution is -2.02. The van der Waals surface area contributed by atoms with Gasteiger partial charge in [-0.1, -0.05) is 29.8 Å². The molecule has 0 bridgehead atoms. The van der Waals surface area contributed by atoms with Crippen molar-refractivity contribution >= 4 is 22.6 Å². The molecule has 0 aliphatic rings. The summed E-state index contributed by atoms with van der Waals surface area (Å²) >= 11 is 6.02. The third kappa shape index (κ3) is 2.25. The molecule has 2 aromatic carbocycles. The van der Waals surface area contributed by atoms with Crippen molar-refractivity contribution in [3.8, 4) is 5.75 Å². The number of nitrogens with zero attached hydrogens (tertiary/aromatic N) is 2. The summed E-state index contributed by atoms with van der Waals surface area (Å²) in [4.78, 5) is 4.65. The summed E-state index contributed by atoms with van der Waals surface area (Å²) in [5.41, 5.74) is 2.84. The summed E-state index contributed by atoms with van der Waals surface area (Å²) in [6, 6.07) is 13.1. The summed E-state index contributed by atoms with van der Waals surface area (Å²) < 4.78 is 2.15. The number of para-hydroxylation sites is 1. The number of aromatic nitrogens is 2. The van der Waals surface area contributed by atoms with Gasteiger partial charge < -0.3 is 9.67 Å². The highest BCUT2D eigenvalue weighted by molar-refractivity contribution is 6.31. The van der Waals surface area contributed by atoms with Crippen LogP contribution in [-0.4, -0.2) is 14.7 Å². The first kappa shape index (κ1) is 13.0. The number of imidazole rings is 1. The third-order valence-corrected chi connectivity index (χ3v) is 3.68. The zero-order valence-corrected chi connectivity index (χ0v) is 11.9. The lowest BCUT2D eigenvalue weighted by atomic mass is 10.1. The highest BCUT2D eigenvalue weighted by Crippen LogP contribution is 2.24. The molecule has 3 rings (SSSR count). The molecule has 0 aliphatic carbocycles. The number of aromatic hydroxyl groups is 1. The SMILES string of the molecule is CCn1c(Cc2ccccc2O)nc2cc(Cl)ccc21. The van der Waals surface area contributed by atoms with E-state index in [9.17, 15) is 5.11 Å². The smallest absolute Gasteiger partial charge is 0.119 e. The number of rotatable bonds is 3. The molecule has 3 nitrogen and oxygen atoms in total. The fourth-order valence-electron chi connectivity index (χ4n) is 2.47.